The average molecular weight is 493 g/mol. The van der Waals surface area contributed by atoms with Crippen molar-refractivity contribution in [1.29, 1.82) is 0 Å². The zero-order chi connectivity index (χ0) is 18.9. The Labute approximate surface area is 158 Å². The van der Waals surface area contributed by atoms with Crippen LogP contribution in [0.5, 0.6) is 0 Å². The van der Waals surface area contributed by atoms with Crippen molar-refractivity contribution in [2.24, 2.45) is 0 Å². The van der Waals surface area contributed by atoms with E-state index in [9.17, 15) is 0 Å². The zero-order valence-corrected chi connectivity index (χ0v) is 19.7. The number of hydrogen-bond donors (Lipinski definition) is 0. The topological polar surface area (TPSA) is 87.0 Å². The van der Waals surface area contributed by atoms with Gasteiger partial charge in [-0.3, -0.25) is 0 Å². The molecular weight excluding hydrogens is 458 g/mol. The summed E-state index contributed by atoms with van der Waals surface area (Å²) in [4.78, 5) is 7.25. The first-order chi connectivity index (χ1) is 9.55. The van der Waals surface area contributed by atoms with E-state index >= 15 is 0 Å². The molecule has 2 N–H and O–H groups in total. The van der Waals surface area contributed by atoms with Gasteiger partial charge in [0.2, 0.25) is 0 Å². The van der Waals surface area contributed by atoms with Crippen LogP contribution in [0.15, 0.2) is 22.3 Å². The molecule has 0 bridgehead atoms. The number of hydrogen-bond acceptors (Lipinski definition) is 1. The van der Waals surface area contributed by atoms with E-state index in [0.29, 0.717) is 0 Å². The summed E-state index contributed by atoms with van der Waals surface area (Å²) in [7, 11) is 0. The van der Waals surface area contributed by atoms with Crippen LogP contribution in [-0.2, 0) is 21.1 Å². The van der Waals surface area contributed by atoms with E-state index in [-0.39, 0.29) is 32.1 Å². The average Bonchev–Trinajstić information content (AvgIpc) is 2.46. The third-order valence-electron chi connectivity index (χ3n) is 2.81. The van der Waals surface area contributed by atoms with E-state index in [4.69, 9.17) is 22.0 Å². The van der Waals surface area contributed by atoms with Crippen LogP contribution in [0.4, 0.5) is 0 Å². The predicted molar refractivity (Wildman–Crippen MR) is 101 cm³/mol. The summed E-state index contributed by atoms with van der Waals surface area (Å²) in [6.07, 6.45) is 0. The molecular formula is C18H35N3OW-3. The molecule has 0 amide bonds. The van der Waals surface area contributed by atoms with Crippen molar-refractivity contribution in [3.63, 3.8) is 0 Å². The van der Waals surface area contributed by atoms with Gasteiger partial charge in [-0.05, 0) is 38.8 Å². The van der Waals surface area contributed by atoms with Crippen LogP contribution in [-0.4, -0.2) is 11.1 Å². The fraction of sp³-hybridized carbons (Fsp3) is 0.722. The molecule has 0 aromatic carbocycles. The molecule has 5 heteroatoms. The molecule has 0 aromatic rings. The quantitative estimate of drug-likeness (QED) is 0.349. The Bertz CT molecular complexity index is 340. The Balaban J connectivity index is -0.000000120. The Morgan fingerprint density at radius 3 is 0.783 bits per heavy atom. The van der Waals surface area contributed by atoms with Crippen LogP contribution >= 0.6 is 0 Å². The first-order valence-electron chi connectivity index (χ1n) is 7.43. The second-order valence-corrected chi connectivity index (χ2v) is 7.62. The molecule has 1 aliphatic rings. The van der Waals surface area contributed by atoms with Gasteiger partial charge in [0.15, 0.2) is 0 Å². The van der Waals surface area contributed by atoms with E-state index in [1.807, 2.05) is 41.5 Å². The fourth-order valence-corrected chi connectivity index (χ4v) is 1.41. The molecule has 1 aliphatic carbocycles. The Morgan fingerprint density at radius 2 is 0.739 bits per heavy atom. The van der Waals surface area contributed by atoms with Crippen LogP contribution in [0.2, 0.25) is 0 Å². The van der Waals surface area contributed by atoms with Crippen molar-refractivity contribution in [3.05, 3.63) is 50.2 Å². The molecule has 0 heterocycles. The number of nitroso groups, excluding NO2 is 1. The second kappa shape index (κ2) is 13.0. The minimum atomic E-state index is -0.250. The first-order valence-corrected chi connectivity index (χ1v) is 7.43. The first kappa shape index (κ1) is 30.6. The molecule has 0 spiro atoms. The molecule has 0 atom stereocenters. The SMILES string of the molecule is CC(C)(C)[NH-].CC(C)(C)[NH-].C[C]1C(C)=C(C)C(C)=C1C.[N-]=O.[W]. The maximum Gasteiger partial charge on any atom is 0.0226 e. The van der Waals surface area contributed by atoms with Crippen LogP contribution in [0.1, 0.15) is 76.2 Å². The van der Waals surface area contributed by atoms with E-state index in [2.05, 4.69) is 34.6 Å². The van der Waals surface area contributed by atoms with Crippen LogP contribution in [0, 0.1) is 10.8 Å². The summed E-state index contributed by atoms with van der Waals surface area (Å²) in [5, 5.41) is 0. The van der Waals surface area contributed by atoms with Gasteiger partial charge < -0.3 is 22.0 Å². The van der Waals surface area contributed by atoms with Gasteiger partial charge >= 0.3 is 0 Å². The minimum Gasteiger partial charge on any atom is -0.673 e. The van der Waals surface area contributed by atoms with E-state index < -0.39 is 0 Å². The summed E-state index contributed by atoms with van der Waals surface area (Å²) in [6.45, 7) is 22.1. The molecule has 1 radical (unpaired) electrons. The molecule has 0 unspecified atom stereocenters. The Kier molecular flexibility index (Phi) is 17.3. The molecule has 137 valence electrons. The molecule has 23 heavy (non-hydrogen) atoms. The number of nitrogens with one attached hydrogen (secondary N) is 2. The van der Waals surface area contributed by atoms with Gasteiger partial charge in [0.05, 0.1) is 0 Å². The van der Waals surface area contributed by atoms with E-state index in [0.717, 1.165) is 0 Å². The molecule has 4 nitrogen and oxygen atoms in total. The second-order valence-electron chi connectivity index (χ2n) is 7.62. The smallest absolute Gasteiger partial charge is 0.0226 e. The summed E-state index contributed by atoms with van der Waals surface area (Å²) < 4.78 is 0. The largest absolute Gasteiger partial charge is 0.673 e. The van der Waals surface area contributed by atoms with Crippen molar-refractivity contribution in [3.8, 4) is 0 Å². The molecule has 0 saturated heterocycles. The van der Waals surface area contributed by atoms with Crippen molar-refractivity contribution < 1.29 is 21.1 Å². The fourth-order valence-electron chi connectivity index (χ4n) is 1.41. The van der Waals surface area contributed by atoms with Gasteiger partial charge in [-0.25, -0.2) is 0 Å². The van der Waals surface area contributed by atoms with Gasteiger partial charge in [0.1, 0.15) is 0 Å². The van der Waals surface area contributed by atoms with E-state index in [1.54, 1.807) is 0 Å². The minimum absolute atomic E-state index is 0. The predicted octanol–water partition coefficient (Wildman–Crippen LogP) is 7.26. The summed E-state index contributed by atoms with van der Waals surface area (Å²) in [5.41, 5.74) is 25.0. The summed E-state index contributed by atoms with van der Waals surface area (Å²) >= 11 is 0. The number of rotatable bonds is 0. The monoisotopic (exact) mass is 493 g/mol. The van der Waals surface area contributed by atoms with Crippen molar-refractivity contribution in [1.82, 2.24) is 0 Å². The van der Waals surface area contributed by atoms with Crippen LogP contribution in [0.25, 0.3) is 17.1 Å². The van der Waals surface area contributed by atoms with E-state index in [1.165, 1.54) is 28.2 Å². The number of nitrogens with zero attached hydrogens (tertiary/aromatic N) is 1. The van der Waals surface area contributed by atoms with Gasteiger partial charge in [0.25, 0.3) is 0 Å². The van der Waals surface area contributed by atoms with Gasteiger partial charge in [-0.2, -0.15) is 0 Å². The maximum absolute atomic E-state index is 7.25. The molecule has 0 fully saturated rings. The van der Waals surface area contributed by atoms with Crippen LogP contribution < -0.4 is 0 Å². The molecule has 0 saturated carbocycles. The van der Waals surface area contributed by atoms with Crippen molar-refractivity contribution in [2.45, 2.75) is 87.2 Å². The molecule has 0 aromatic heterocycles. The summed E-state index contributed by atoms with van der Waals surface area (Å²) in [6, 6.07) is 0. The molecule has 0 aliphatic heterocycles. The Hall–Kier alpha value is -0.312. The van der Waals surface area contributed by atoms with Gasteiger partial charge in [-0.1, -0.05) is 59.6 Å². The van der Waals surface area contributed by atoms with Gasteiger partial charge in [-0.15, -0.1) is 11.1 Å². The standard InChI is InChI=1S/C10H15.2C4H10N.NO.W/c1-6-7(2)9(4)10(5)8(6)3;2*1-4(2,3)5;1-2;/h1-5H3;2*5H,1-3H3;;/q;3*-1;. The van der Waals surface area contributed by atoms with Crippen molar-refractivity contribution in [2.75, 3.05) is 0 Å². The maximum atomic E-state index is 7.25. The number of allylic oxidation sites excluding steroid dienone is 4. The Morgan fingerprint density at radius 1 is 0.609 bits per heavy atom. The van der Waals surface area contributed by atoms with Crippen LogP contribution in [0.3, 0.4) is 0 Å². The van der Waals surface area contributed by atoms with Gasteiger partial charge in [0, 0.05) is 27.0 Å². The zero-order valence-electron chi connectivity index (χ0n) is 16.8. The molecule has 1 rings (SSSR count). The normalized spacial score (nSPS) is 14.7. The third-order valence-corrected chi connectivity index (χ3v) is 2.81. The van der Waals surface area contributed by atoms with Crippen molar-refractivity contribution >= 4 is 0 Å². The third kappa shape index (κ3) is 21.7. The summed E-state index contributed by atoms with van der Waals surface area (Å²) in [5.74, 6) is 1.47.